The number of carbonyl (C=O) groups is 1. The Morgan fingerprint density at radius 3 is 2.94 bits per heavy atom. The van der Waals surface area contributed by atoms with Gasteiger partial charge in [0, 0.05) is 19.6 Å². The third-order valence-electron chi connectivity index (χ3n) is 3.39. The molecule has 16 heavy (non-hydrogen) atoms. The first-order chi connectivity index (χ1) is 7.77. The first kappa shape index (κ1) is 9.81. The van der Waals surface area contributed by atoms with Gasteiger partial charge in [0.05, 0.1) is 0 Å². The summed E-state index contributed by atoms with van der Waals surface area (Å²) in [5.74, 6) is 0.0300. The van der Waals surface area contributed by atoms with Gasteiger partial charge in [-0.1, -0.05) is 24.3 Å². The molecule has 4 nitrogen and oxygen atoms in total. The molecule has 2 aliphatic rings. The summed E-state index contributed by atoms with van der Waals surface area (Å²) in [7, 11) is 0. The van der Waals surface area contributed by atoms with Crippen molar-refractivity contribution in [2.45, 2.75) is 19.0 Å². The van der Waals surface area contributed by atoms with Crippen LogP contribution in [0.2, 0.25) is 0 Å². The average Bonchev–Trinajstić information content (AvgIpc) is 2.72. The van der Waals surface area contributed by atoms with Crippen LogP contribution in [0.5, 0.6) is 0 Å². The van der Waals surface area contributed by atoms with Crippen LogP contribution in [-0.4, -0.2) is 29.0 Å². The second-order valence-corrected chi connectivity index (χ2v) is 4.38. The number of carbonyl (C=O) groups excluding carboxylic acids is 1. The van der Waals surface area contributed by atoms with Crippen molar-refractivity contribution in [2.75, 3.05) is 13.1 Å². The Balaban J connectivity index is 2.07. The molecule has 2 heterocycles. The predicted octanol–water partition coefficient (Wildman–Crippen LogP) is 0.649. The molecule has 0 bridgehead atoms. The topological polar surface area (TPSA) is 49.6 Å². The maximum Gasteiger partial charge on any atom is 0.258 e. The minimum absolute atomic E-state index is 0.0300. The number of benzene rings is 1. The molecule has 84 valence electrons. The molecule has 0 aromatic heterocycles. The molecule has 2 aliphatic heterocycles. The van der Waals surface area contributed by atoms with Crippen LogP contribution < -0.4 is 5.73 Å². The van der Waals surface area contributed by atoms with E-state index in [0.29, 0.717) is 0 Å². The average molecular weight is 217 g/mol. The van der Waals surface area contributed by atoms with E-state index in [-0.39, 0.29) is 5.91 Å². The van der Waals surface area contributed by atoms with E-state index in [4.69, 9.17) is 5.73 Å². The van der Waals surface area contributed by atoms with Gasteiger partial charge in [-0.25, -0.2) is 5.01 Å². The lowest BCUT2D eigenvalue weighted by Gasteiger charge is -2.26. The van der Waals surface area contributed by atoms with Crippen molar-refractivity contribution in [3.63, 3.8) is 0 Å². The standard InChI is InChI=1S/C12H15N3O/c13-11-10-5-2-1-4-9(10)8-14-6-3-7-15(14)12(11)16/h1-2,4-5,11H,3,6-8,13H2/t11-/m0/s1. The smallest absolute Gasteiger partial charge is 0.258 e. The second kappa shape index (κ2) is 3.57. The molecule has 0 radical (unpaired) electrons. The van der Waals surface area contributed by atoms with Gasteiger partial charge in [0.2, 0.25) is 0 Å². The first-order valence-electron chi connectivity index (χ1n) is 5.67. The summed E-state index contributed by atoms with van der Waals surface area (Å²) in [6, 6.07) is 7.46. The highest BCUT2D eigenvalue weighted by molar-refractivity contribution is 5.83. The lowest BCUT2D eigenvalue weighted by atomic mass is 10.0. The predicted molar refractivity (Wildman–Crippen MR) is 60.1 cm³/mol. The fraction of sp³-hybridized carbons (Fsp3) is 0.417. The molecule has 1 aromatic rings. The van der Waals surface area contributed by atoms with Crippen LogP contribution in [0.4, 0.5) is 0 Å². The summed E-state index contributed by atoms with van der Waals surface area (Å²) in [6.45, 7) is 2.56. The number of fused-ring (bicyclic) bond motifs is 2. The summed E-state index contributed by atoms with van der Waals surface area (Å²) >= 11 is 0. The highest BCUT2D eigenvalue weighted by Gasteiger charge is 2.34. The Morgan fingerprint density at radius 2 is 2.06 bits per heavy atom. The van der Waals surface area contributed by atoms with Crippen LogP contribution in [0.15, 0.2) is 24.3 Å². The van der Waals surface area contributed by atoms with Crippen LogP contribution in [0, 0.1) is 0 Å². The molecule has 0 saturated carbocycles. The molecule has 1 amide bonds. The Bertz CT molecular complexity index is 432. The van der Waals surface area contributed by atoms with E-state index < -0.39 is 6.04 Å². The van der Waals surface area contributed by atoms with E-state index in [1.165, 1.54) is 5.56 Å². The molecular formula is C12H15N3O. The molecule has 2 N–H and O–H groups in total. The summed E-state index contributed by atoms with van der Waals surface area (Å²) in [4.78, 5) is 12.1. The van der Waals surface area contributed by atoms with Gasteiger partial charge in [-0.15, -0.1) is 0 Å². The first-order valence-corrected chi connectivity index (χ1v) is 5.67. The molecular weight excluding hydrogens is 202 g/mol. The molecule has 0 spiro atoms. The molecule has 1 aromatic carbocycles. The van der Waals surface area contributed by atoms with Gasteiger partial charge in [-0.3, -0.25) is 9.80 Å². The fourth-order valence-corrected chi connectivity index (χ4v) is 2.55. The highest BCUT2D eigenvalue weighted by atomic mass is 16.2. The van der Waals surface area contributed by atoms with Crippen LogP contribution in [0.1, 0.15) is 23.6 Å². The van der Waals surface area contributed by atoms with Crippen molar-refractivity contribution in [3.05, 3.63) is 35.4 Å². The molecule has 1 atom stereocenters. The maximum absolute atomic E-state index is 12.1. The third-order valence-corrected chi connectivity index (χ3v) is 3.39. The number of nitrogens with two attached hydrogens (primary N) is 1. The van der Waals surface area contributed by atoms with Gasteiger partial charge in [-0.05, 0) is 17.5 Å². The molecule has 1 saturated heterocycles. The van der Waals surface area contributed by atoms with Gasteiger partial charge < -0.3 is 5.73 Å². The number of hydrogen-bond acceptors (Lipinski definition) is 3. The van der Waals surface area contributed by atoms with Crippen molar-refractivity contribution >= 4 is 5.91 Å². The minimum Gasteiger partial charge on any atom is -0.316 e. The molecule has 1 fully saturated rings. The zero-order chi connectivity index (χ0) is 11.1. The number of nitrogens with zero attached hydrogens (tertiary/aromatic N) is 2. The fourth-order valence-electron chi connectivity index (χ4n) is 2.55. The van der Waals surface area contributed by atoms with Crippen molar-refractivity contribution in [3.8, 4) is 0 Å². The number of amides is 1. The van der Waals surface area contributed by atoms with Crippen LogP contribution >= 0.6 is 0 Å². The molecule has 4 heteroatoms. The number of rotatable bonds is 0. The van der Waals surface area contributed by atoms with Gasteiger partial charge in [0.1, 0.15) is 6.04 Å². The van der Waals surface area contributed by atoms with Crippen LogP contribution in [0.25, 0.3) is 0 Å². The minimum atomic E-state index is -0.501. The summed E-state index contributed by atoms with van der Waals surface area (Å²) in [5, 5.41) is 3.92. The monoisotopic (exact) mass is 217 g/mol. The highest BCUT2D eigenvalue weighted by Crippen LogP contribution is 2.27. The summed E-state index contributed by atoms with van der Waals surface area (Å²) < 4.78 is 0. The van der Waals surface area contributed by atoms with Crippen LogP contribution in [0.3, 0.4) is 0 Å². The van der Waals surface area contributed by atoms with Crippen molar-refractivity contribution in [2.24, 2.45) is 5.73 Å². The van der Waals surface area contributed by atoms with E-state index in [1.807, 2.05) is 23.2 Å². The second-order valence-electron chi connectivity index (χ2n) is 4.38. The van der Waals surface area contributed by atoms with E-state index >= 15 is 0 Å². The van der Waals surface area contributed by atoms with E-state index in [9.17, 15) is 4.79 Å². The van der Waals surface area contributed by atoms with E-state index in [0.717, 1.165) is 31.6 Å². The van der Waals surface area contributed by atoms with Crippen molar-refractivity contribution < 1.29 is 4.79 Å². The van der Waals surface area contributed by atoms with Crippen molar-refractivity contribution in [1.82, 2.24) is 10.0 Å². The molecule has 0 aliphatic carbocycles. The van der Waals surface area contributed by atoms with Gasteiger partial charge in [0.15, 0.2) is 0 Å². The van der Waals surface area contributed by atoms with Crippen molar-refractivity contribution in [1.29, 1.82) is 0 Å². The quantitative estimate of drug-likeness (QED) is 0.694. The molecule has 0 unspecified atom stereocenters. The molecule has 3 rings (SSSR count). The van der Waals surface area contributed by atoms with Gasteiger partial charge in [0.25, 0.3) is 5.91 Å². The Morgan fingerprint density at radius 1 is 1.25 bits per heavy atom. The van der Waals surface area contributed by atoms with Gasteiger partial charge in [-0.2, -0.15) is 0 Å². The van der Waals surface area contributed by atoms with E-state index in [2.05, 4.69) is 11.1 Å². The van der Waals surface area contributed by atoms with E-state index in [1.54, 1.807) is 0 Å². The summed E-state index contributed by atoms with van der Waals surface area (Å²) in [5.41, 5.74) is 8.18. The number of hydrogen-bond donors (Lipinski definition) is 1. The zero-order valence-corrected chi connectivity index (χ0v) is 9.10. The Hall–Kier alpha value is -1.39. The summed E-state index contributed by atoms with van der Waals surface area (Å²) in [6.07, 6.45) is 1.04. The lowest BCUT2D eigenvalue weighted by molar-refractivity contribution is -0.145. The Kier molecular flexibility index (Phi) is 2.19. The van der Waals surface area contributed by atoms with Crippen LogP contribution in [-0.2, 0) is 11.3 Å². The van der Waals surface area contributed by atoms with Gasteiger partial charge >= 0.3 is 0 Å². The third kappa shape index (κ3) is 1.34. The maximum atomic E-state index is 12.1. The number of hydrazine groups is 1. The Labute approximate surface area is 94.6 Å². The largest absolute Gasteiger partial charge is 0.316 e. The lowest BCUT2D eigenvalue weighted by Crippen LogP contribution is -2.42. The zero-order valence-electron chi connectivity index (χ0n) is 9.10. The SMILES string of the molecule is N[C@@H]1C(=O)N2CCCN2Cc2ccccc21. The normalized spacial score (nSPS) is 25.2.